The third-order valence-electron chi connectivity index (χ3n) is 3.00. The normalized spacial score (nSPS) is 13.9. The fraction of sp³-hybridized carbons (Fsp3) is 0.500. The minimum absolute atomic E-state index is 0.284. The quantitative estimate of drug-likeness (QED) is 0.757. The number of hydrogen-bond donors (Lipinski definition) is 2. The van der Waals surface area contributed by atoms with E-state index >= 15 is 0 Å². The number of phenolic OH excluding ortho intramolecular Hbond substituents is 1. The molecule has 0 aromatic heterocycles. The molecule has 0 saturated heterocycles. The Morgan fingerprint density at radius 1 is 1.50 bits per heavy atom. The van der Waals surface area contributed by atoms with Gasteiger partial charge in [-0.25, -0.2) is 0 Å². The van der Waals surface area contributed by atoms with Gasteiger partial charge in [0.05, 0.1) is 7.11 Å². The van der Waals surface area contributed by atoms with E-state index in [4.69, 9.17) is 5.73 Å². The lowest BCUT2D eigenvalue weighted by Crippen LogP contribution is -2.33. The molecule has 0 heterocycles. The molecule has 1 aromatic carbocycles. The fourth-order valence-electron chi connectivity index (χ4n) is 1.92. The minimum atomic E-state index is -0.547. The van der Waals surface area contributed by atoms with Gasteiger partial charge < -0.3 is 15.6 Å². The van der Waals surface area contributed by atoms with Crippen LogP contribution in [-0.2, 0) is 16.0 Å². The van der Waals surface area contributed by atoms with Gasteiger partial charge >= 0.3 is 5.97 Å². The summed E-state index contributed by atoms with van der Waals surface area (Å²) in [6.45, 7) is 2.06. The number of methoxy groups -OCH3 is 1. The average molecular weight is 251 g/mol. The topological polar surface area (TPSA) is 72.5 Å². The summed E-state index contributed by atoms with van der Waals surface area (Å²) >= 11 is 0. The molecular formula is C14H21NO3. The van der Waals surface area contributed by atoms with Gasteiger partial charge in [-0.15, -0.1) is 0 Å². The number of carbonyl (C=O) groups excluding carboxylic acids is 1. The van der Waals surface area contributed by atoms with Gasteiger partial charge in [-0.2, -0.15) is 0 Å². The number of nitrogens with two attached hydrogens (primary N) is 1. The van der Waals surface area contributed by atoms with Gasteiger partial charge in [-0.1, -0.05) is 19.1 Å². The highest BCUT2D eigenvalue weighted by Gasteiger charge is 2.17. The molecule has 0 aliphatic heterocycles. The van der Waals surface area contributed by atoms with Crippen LogP contribution in [0.1, 0.15) is 25.3 Å². The van der Waals surface area contributed by atoms with E-state index in [1.165, 1.54) is 7.11 Å². The summed E-state index contributed by atoms with van der Waals surface area (Å²) in [6, 6.07) is 6.67. The number of hydrogen-bond acceptors (Lipinski definition) is 4. The predicted molar refractivity (Wildman–Crippen MR) is 70.2 cm³/mol. The van der Waals surface area contributed by atoms with Crippen molar-refractivity contribution in [1.29, 1.82) is 0 Å². The van der Waals surface area contributed by atoms with Crippen LogP contribution >= 0.6 is 0 Å². The maximum Gasteiger partial charge on any atom is 0.322 e. The highest BCUT2D eigenvalue weighted by atomic mass is 16.5. The largest absolute Gasteiger partial charge is 0.508 e. The highest BCUT2D eigenvalue weighted by molar-refractivity contribution is 5.75. The zero-order valence-electron chi connectivity index (χ0n) is 10.9. The molecule has 1 rings (SSSR count). The Labute approximate surface area is 108 Å². The second kappa shape index (κ2) is 7.01. The van der Waals surface area contributed by atoms with Gasteiger partial charge in [0.25, 0.3) is 0 Å². The summed E-state index contributed by atoms with van der Waals surface area (Å²) in [6.07, 6.45) is 2.41. The first-order valence-corrected chi connectivity index (χ1v) is 6.14. The maximum atomic E-state index is 11.2. The van der Waals surface area contributed by atoms with Crippen LogP contribution in [0.25, 0.3) is 0 Å². The number of rotatable bonds is 6. The Morgan fingerprint density at radius 2 is 2.22 bits per heavy atom. The van der Waals surface area contributed by atoms with Crippen LogP contribution in [0, 0.1) is 5.92 Å². The van der Waals surface area contributed by atoms with Crippen molar-refractivity contribution in [2.24, 2.45) is 11.7 Å². The fourth-order valence-corrected chi connectivity index (χ4v) is 1.92. The molecule has 1 aromatic rings. The summed E-state index contributed by atoms with van der Waals surface area (Å²) in [5.41, 5.74) is 6.80. The van der Waals surface area contributed by atoms with E-state index in [1.807, 2.05) is 12.1 Å². The molecule has 0 amide bonds. The van der Waals surface area contributed by atoms with E-state index in [0.29, 0.717) is 12.3 Å². The average Bonchev–Trinajstić information content (AvgIpc) is 2.35. The minimum Gasteiger partial charge on any atom is -0.508 e. The molecule has 100 valence electrons. The van der Waals surface area contributed by atoms with E-state index in [2.05, 4.69) is 11.7 Å². The van der Waals surface area contributed by atoms with Crippen molar-refractivity contribution >= 4 is 5.97 Å². The van der Waals surface area contributed by atoms with Crippen LogP contribution in [0.5, 0.6) is 5.75 Å². The molecule has 4 nitrogen and oxygen atoms in total. The first-order chi connectivity index (χ1) is 8.52. The summed E-state index contributed by atoms with van der Waals surface area (Å²) in [4.78, 5) is 11.2. The van der Waals surface area contributed by atoms with Gasteiger partial charge in [0, 0.05) is 0 Å². The molecule has 4 heteroatoms. The predicted octanol–water partition coefficient (Wildman–Crippen LogP) is 1.85. The molecule has 0 fully saturated rings. The van der Waals surface area contributed by atoms with Gasteiger partial charge in [-0.3, -0.25) is 4.79 Å². The summed E-state index contributed by atoms with van der Waals surface area (Å²) < 4.78 is 4.59. The van der Waals surface area contributed by atoms with Gasteiger partial charge in [-0.05, 0) is 42.9 Å². The SMILES string of the molecule is COC(=O)C(N)CC(C)CCc1cccc(O)c1. The van der Waals surface area contributed by atoms with Crippen molar-refractivity contribution in [3.05, 3.63) is 29.8 Å². The molecule has 2 atom stereocenters. The molecule has 3 N–H and O–H groups in total. The Bertz CT molecular complexity index is 392. The van der Waals surface area contributed by atoms with Gasteiger partial charge in [0.2, 0.25) is 0 Å². The van der Waals surface area contributed by atoms with E-state index in [9.17, 15) is 9.90 Å². The Kier molecular flexibility index (Phi) is 5.65. The zero-order valence-corrected chi connectivity index (χ0v) is 10.9. The number of benzene rings is 1. The Morgan fingerprint density at radius 3 is 2.83 bits per heavy atom. The van der Waals surface area contributed by atoms with Crippen LogP contribution in [0.4, 0.5) is 0 Å². The van der Waals surface area contributed by atoms with E-state index < -0.39 is 6.04 Å². The number of ether oxygens (including phenoxy) is 1. The molecule has 2 unspecified atom stereocenters. The maximum absolute atomic E-state index is 11.2. The van der Waals surface area contributed by atoms with E-state index in [1.54, 1.807) is 12.1 Å². The Balaban J connectivity index is 2.37. The van der Waals surface area contributed by atoms with E-state index in [-0.39, 0.29) is 11.7 Å². The van der Waals surface area contributed by atoms with Crippen molar-refractivity contribution in [3.63, 3.8) is 0 Å². The third-order valence-corrected chi connectivity index (χ3v) is 3.00. The third kappa shape index (κ3) is 4.75. The van der Waals surface area contributed by atoms with Crippen LogP contribution in [0.2, 0.25) is 0 Å². The summed E-state index contributed by atoms with van der Waals surface area (Å²) in [5, 5.41) is 9.35. The van der Waals surface area contributed by atoms with Crippen LogP contribution in [0.15, 0.2) is 24.3 Å². The number of aromatic hydroxyl groups is 1. The second-order valence-electron chi connectivity index (χ2n) is 4.68. The lowest BCUT2D eigenvalue weighted by Gasteiger charge is -2.15. The molecule has 0 radical (unpaired) electrons. The molecule has 0 aliphatic rings. The van der Waals surface area contributed by atoms with Crippen LogP contribution in [-0.4, -0.2) is 24.2 Å². The lowest BCUT2D eigenvalue weighted by molar-refractivity contribution is -0.142. The molecule has 0 spiro atoms. The molecule has 0 saturated carbocycles. The van der Waals surface area contributed by atoms with Crippen LogP contribution in [0.3, 0.4) is 0 Å². The standard InChI is InChI=1S/C14H21NO3/c1-10(8-13(15)14(17)18-2)6-7-11-4-3-5-12(16)9-11/h3-5,9-10,13,16H,6-8,15H2,1-2H3. The number of aryl methyl sites for hydroxylation is 1. The highest BCUT2D eigenvalue weighted by Crippen LogP contribution is 2.17. The molecule has 18 heavy (non-hydrogen) atoms. The monoisotopic (exact) mass is 251 g/mol. The Hall–Kier alpha value is -1.55. The molecule has 0 aliphatic carbocycles. The number of phenols is 1. The first-order valence-electron chi connectivity index (χ1n) is 6.14. The smallest absolute Gasteiger partial charge is 0.322 e. The molecule has 0 bridgehead atoms. The molecular weight excluding hydrogens is 230 g/mol. The van der Waals surface area contributed by atoms with Crippen molar-refractivity contribution < 1.29 is 14.6 Å². The number of esters is 1. The summed E-state index contributed by atoms with van der Waals surface area (Å²) in [5.74, 6) is 0.257. The van der Waals surface area contributed by atoms with Crippen molar-refractivity contribution in [2.45, 2.75) is 32.2 Å². The van der Waals surface area contributed by atoms with E-state index in [0.717, 1.165) is 18.4 Å². The van der Waals surface area contributed by atoms with Crippen molar-refractivity contribution in [3.8, 4) is 5.75 Å². The van der Waals surface area contributed by atoms with Gasteiger partial charge in [0.15, 0.2) is 0 Å². The first kappa shape index (κ1) is 14.5. The summed E-state index contributed by atoms with van der Waals surface area (Å²) in [7, 11) is 1.35. The van der Waals surface area contributed by atoms with Crippen molar-refractivity contribution in [2.75, 3.05) is 7.11 Å². The van der Waals surface area contributed by atoms with Gasteiger partial charge in [0.1, 0.15) is 11.8 Å². The van der Waals surface area contributed by atoms with Crippen molar-refractivity contribution in [1.82, 2.24) is 0 Å². The lowest BCUT2D eigenvalue weighted by atomic mass is 9.95. The second-order valence-corrected chi connectivity index (χ2v) is 4.68. The zero-order chi connectivity index (χ0) is 13.5. The number of carbonyl (C=O) groups is 1. The van der Waals surface area contributed by atoms with Crippen LogP contribution < -0.4 is 5.73 Å².